The van der Waals surface area contributed by atoms with Crippen molar-refractivity contribution in [3.63, 3.8) is 0 Å². The third kappa shape index (κ3) is 3.75. The number of alkyl halides is 3. The molecule has 33 heavy (non-hydrogen) atoms. The molecule has 0 atom stereocenters. The van der Waals surface area contributed by atoms with Gasteiger partial charge in [-0.15, -0.1) is 0 Å². The van der Waals surface area contributed by atoms with Gasteiger partial charge in [-0.3, -0.25) is 4.79 Å². The zero-order valence-electron chi connectivity index (χ0n) is 16.9. The number of fused-ring (bicyclic) bond motifs is 1. The highest BCUT2D eigenvalue weighted by Gasteiger charge is 2.36. The molecule has 168 valence electrons. The predicted octanol–water partition coefficient (Wildman–Crippen LogP) is 6.17. The Kier molecular flexibility index (Phi) is 5.27. The van der Waals surface area contributed by atoms with E-state index in [0.717, 1.165) is 41.1 Å². The second-order valence-electron chi connectivity index (χ2n) is 7.34. The maximum absolute atomic E-state index is 14.8. The van der Waals surface area contributed by atoms with Crippen LogP contribution in [-0.2, 0) is 6.18 Å². The predicted molar refractivity (Wildman–Crippen MR) is 110 cm³/mol. The monoisotopic (exact) mass is 459 g/mol. The topological polar surface area (TPSA) is 59.3 Å². The third-order valence-electron chi connectivity index (χ3n) is 5.28. The van der Waals surface area contributed by atoms with E-state index >= 15 is 0 Å². The van der Waals surface area contributed by atoms with Crippen molar-refractivity contribution in [3.05, 3.63) is 100 Å². The number of carboxylic acid groups (broad SMARTS) is 1. The van der Waals surface area contributed by atoms with Crippen molar-refractivity contribution in [2.45, 2.75) is 13.1 Å². The molecular weight excluding hydrogens is 445 g/mol. The zero-order chi connectivity index (χ0) is 24.1. The molecule has 1 aromatic heterocycles. The van der Waals surface area contributed by atoms with E-state index in [1.54, 1.807) is 0 Å². The Bertz CT molecular complexity index is 1440. The van der Waals surface area contributed by atoms with Gasteiger partial charge in [0.25, 0.3) is 0 Å². The quantitative estimate of drug-likeness (QED) is 0.294. The average Bonchev–Trinajstić information content (AvgIpc) is 3.13. The van der Waals surface area contributed by atoms with Crippen LogP contribution >= 0.6 is 0 Å². The Morgan fingerprint density at radius 1 is 0.939 bits per heavy atom. The zero-order valence-corrected chi connectivity index (χ0v) is 16.9. The summed E-state index contributed by atoms with van der Waals surface area (Å²) in [5, 5.41) is 9.02. The molecule has 9 heteroatoms. The van der Waals surface area contributed by atoms with Crippen LogP contribution in [0, 0.1) is 18.6 Å². The Balaban J connectivity index is 1.99. The van der Waals surface area contributed by atoms with Crippen LogP contribution in [-0.4, -0.2) is 21.4 Å². The Labute approximate surface area is 183 Å². The fourth-order valence-corrected chi connectivity index (χ4v) is 3.79. The molecule has 4 rings (SSSR count). The fourth-order valence-electron chi connectivity index (χ4n) is 3.79. The minimum atomic E-state index is -4.81. The Morgan fingerprint density at radius 2 is 1.64 bits per heavy atom. The standard InChI is InChI=1S/C24H14F5NO3/c1-12-4-2-6-16(24(27,28)29)20(12)22(31)15-11-30(21-14(15)5-3-7-17(21)25)19-9-8-13(23(32)33)10-18(19)26/h2-11H,1H3,(H,32,33). The van der Waals surface area contributed by atoms with Gasteiger partial charge < -0.3 is 9.67 Å². The Hall–Kier alpha value is -4.01. The average molecular weight is 459 g/mol. The van der Waals surface area contributed by atoms with Crippen LogP contribution in [0.4, 0.5) is 22.0 Å². The van der Waals surface area contributed by atoms with Crippen molar-refractivity contribution in [2.24, 2.45) is 0 Å². The highest BCUT2D eigenvalue weighted by Crippen LogP contribution is 2.36. The summed E-state index contributed by atoms with van der Waals surface area (Å²) < 4.78 is 71.3. The van der Waals surface area contributed by atoms with Gasteiger partial charge in [0.2, 0.25) is 0 Å². The SMILES string of the molecule is Cc1cccc(C(F)(F)F)c1C(=O)c1cn(-c2ccc(C(=O)O)cc2F)c2c(F)cccc12. The number of nitrogens with zero attached hydrogens (tertiary/aromatic N) is 1. The van der Waals surface area contributed by atoms with Gasteiger partial charge in [0.1, 0.15) is 11.6 Å². The summed E-state index contributed by atoms with van der Waals surface area (Å²) in [5.41, 5.74) is -2.76. The van der Waals surface area contributed by atoms with E-state index in [1.807, 2.05) is 0 Å². The first-order valence-electron chi connectivity index (χ1n) is 9.55. The number of carbonyl (C=O) groups excluding carboxylic acids is 1. The maximum atomic E-state index is 14.8. The van der Waals surface area contributed by atoms with E-state index in [2.05, 4.69) is 0 Å². The van der Waals surface area contributed by atoms with E-state index in [9.17, 15) is 31.5 Å². The normalized spacial score (nSPS) is 11.7. The maximum Gasteiger partial charge on any atom is 0.417 e. The molecule has 0 saturated carbocycles. The van der Waals surface area contributed by atoms with Crippen molar-refractivity contribution in [1.29, 1.82) is 0 Å². The van der Waals surface area contributed by atoms with Crippen LogP contribution in [0.15, 0.2) is 60.8 Å². The van der Waals surface area contributed by atoms with E-state index in [0.29, 0.717) is 0 Å². The minimum absolute atomic E-state index is 0.0157. The third-order valence-corrected chi connectivity index (χ3v) is 5.28. The van der Waals surface area contributed by atoms with Gasteiger partial charge in [0, 0.05) is 22.7 Å². The molecule has 0 aliphatic heterocycles. The van der Waals surface area contributed by atoms with Crippen LogP contribution in [0.3, 0.4) is 0 Å². The minimum Gasteiger partial charge on any atom is -0.478 e. The van der Waals surface area contributed by atoms with Crippen LogP contribution < -0.4 is 0 Å². The molecule has 0 unspecified atom stereocenters. The fraction of sp³-hybridized carbons (Fsp3) is 0.0833. The number of benzene rings is 3. The molecule has 1 N–H and O–H groups in total. The summed E-state index contributed by atoms with van der Waals surface area (Å²) >= 11 is 0. The first-order chi connectivity index (χ1) is 15.5. The molecule has 0 saturated heterocycles. The number of aromatic nitrogens is 1. The number of ketones is 1. The molecule has 4 nitrogen and oxygen atoms in total. The van der Waals surface area contributed by atoms with Crippen LogP contribution in [0.2, 0.25) is 0 Å². The summed E-state index contributed by atoms with van der Waals surface area (Å²) in [4.78, 5) is 24.4. The largest absolute Gasteiger partial charge is 0.478 e. The Morgan fingerprint density at radius 3 is 2.27 bits per heavy atom. The number of rotatable bonds is 4. The number of hydrogen-bond donors (Lipinski definition) is 1. The van der Waals surface area contributed by atoms with Crippen molar-refractivity contribution >= 4 is 22.7 Å². The summed E-state index contributed by atoms with van der Waals surface area (Å²) in [6.45, 7) is 1.35. The lowest BCUT2D eigenvalue weighted by Gasteiger charge is -2.14. The molecule has 0 aliphatic carbocycles. The molecule has 0 aliphatic rings. The van der Waals surface area contributed by atoms with Crippen LogP contribution in [0.1, 0.15) is 37.4 Å². The van der Waals surface area contributed by atoms with E-state index in [-0.39, 0.29) is 33.3 Å². The van der Waals surface area contributed by atoms with Gasteiger partial charge in [-0.2, -0.15) is 13.2 Å². The summed E-state index contributed by atoms with van der Waals surface area (Å²) in [7, 11) is 0. The second-order valence-corrected chi connectivity index (χ2v) is 7.34. The van der Waals surface area contributed by atoms with Crippen molar-refractivity contribution in [1.82, 2.24) is 4.57 Å². The van der Waals surface area contributed by atoms with E-state index < -0.39 is 40.7 Å². The van der Waals surface area contributed by atoms with Gasteiger partial charge in [-0.05, 0) is 42.8 Å². The summed E-state index contributed by atoms with van der Waals surface area (Å²) in [6, 6.07) is 9.92. The molecule has 0 spiro atoms. The van der Waals surface area contributed by atoms with E-state index in [1.165, 1.54) is 31.2 Å². The second kappa shape index (κ2) is 7.84. The lowest BCUT2D eigenvalue weighted by Crippen LogP contribution is -2.15. The smallest absolute Gasteiger partial charge is 0.417 e. The highest BCUT2D eigenvalue weighted by atomic mass is 19.4. The molecule has 0 amide bonds. The van der Waals surface area contributed by atoms with Crippen LogP contribution in [0.25, 0.3) is 16.6 Å². The van der Waals surface area contributed by atoms with Crippen molar-refractivity contribution < 1.29 is 36.6 Å². The van der Waals surface area contributed by atoms with Gasteiger partial charge in [-0.25, -0.2) is 13.6 Å². The van der Waals surface area contributed by atoms with Gasteiger partial charge >= 0.3 is 12.1 Å². The molecule has 0 bridgehead atoms. The molecule has 3 aromatic carbocycles. The number of para-hydroxylation sites is 1. The highest BCUT2D eigenvalue weighted by molar-refractivity contribution is 6.18. The number of carbonyl (C=O) groups is 2. The molecule has 0 radical (unpaired) electrons. The molecular formula is C24H14F5NO3. The van der Waals surface area contributed by atoms with Crippen LogP contribution in [0.5, 0.6) is 0 Å². The number of aromatic carboxylic acids is 1. The van der Waals surface area contributed by atoms with E-state index in [4.69, 9.17) is 5.11 Å². The van der Waals surface area contributed by atoms with Gasteiger partial charge in [-0.1, -0.05) is 24.3 Å². The van der Waals surface area contributed by atoms with Crippen molar-refractivity contribution in [3.8, 4) is 5.69 Å². The summed E-state index contributed by atoms with van der Waals surface area (Å²) in [5.74, 6) is -4.23. The number of halogens is 5. The lowest BCUT2D eigenvalue weighted by atomic mass is 9.93. The lowest BCUT2D eigenvalue weighted by molar-refractivity contribution is -0.137. The van der Waals surface area contributed by atoms with Gasteiger partial charge in [0.15, 0.2) is 5.78 Å². The summed E-state index contributed by atoms with van der Waals surface area (Å²) in [6.07, 6.45) is -3.75. The first-order valence-corrected chi connectivity index (χ1v) is 9.55. The molecule has 4 aromatic rings. The van der Waals surface area contributed by atoms with Crippen molar-refractivity contribution in [2.75, 3.05) is 0 Å². The van der Waals surface area contributed by atoms with Gasteiger partial charge in [0.05, 0.1) is 22.3 Å². The number of carboxylic acids is 1. The number of aryl methyl sites for hydroxylation is 1. The molecule has 0 fully saturated rings. The first kappa shape index (κ1) is 22.2. The molecule has 1 heterocycles. The number of hydrogen-bond acceptors (Lipinski definition) is 2.